The number of benzene rings is 1. The molecule has 0 unspecified atom stereocenters. The van der Waals surface area contributed by atoms with Crippen LogP contribution < -0.4 is 10.2 Å². The smallest absolute Gasteiger partial charge is 0.241 e. The Hall–Kier alpha value is -2.61. The molecule has 1 aromatic heterocycles. The second-order valence-corrected chi connectivity index (χ2v) is 9.49. The fourth-order valence-electron chi connectivity index (χ4n) is 4.68. The summed E-state index contributed by atoms with van der Waals surface area (Å²) >= 11 is 0. The molecular formula is C26H36N4O3. The zero-order valence-electron chi connectivity index (χ0n) is 19.3. The minimum absolute atomic E-state index is 0. The number of aromatic nitrogens is 1. The van der Waals surface area contributed by atoms with Crippen molar-refractivity contribution < 1.29 is 14.3 Å². The van der Waals surface area contributed by atoms with Gasteiger partial charge >= 0.3 is 0 Å². The van der Waals surface area contributed by atoms with Crippen molar-refractivity contribution in [3.8, 4) is 0 Å². The van der Waals surface area contributed by atoms with Crippen molar-refractivity contribution in [1.29, 1.82) is 0 Å². The van der Waals surface area contributed by atoms with Crippen molar-refractivity contribution in [3.05, 3.63) is 59.4 Å². The molecule has 1 fully saturated rings. The molecule has 4 rings (SSSR count). The summed E-state index contributed by atoms with van der Waals surface area (Å²) in [5.41, 5.74) is 2.51. The summed E-state index contributed by atoms with van der Waals surface area (Å²) in [5.74, 6) is -0.0991. The van der Waals surface area contributed by atoms with Crippen LogP contribution in [0.3, 0.4) is 0 Å². The molecule has 1 amide bonds. The summed E-state index contributed by atoms with van der Waals surface area (Å²) in [4.78, 5) is 34.9. The number of pyridine rings is 1. The van der Waals surface area contributed by atoms with Gasteiger partial charge in [0, 0.05) is 61.6 Å². The van der Waals surface area contributed by atoms with Crippen LogP contribution in [0.5, 0.6) is 0 Å². The summed E-state index contributed by atoms with van der Waals surface area (Å²) in [6.45, 7) is 9.40. The van der Waals surface area contributed by atoms with Crippen LogP contribution in [0.15, 0.2) is 42.6 Å². The molecule has 1 aromatic carbocycles. The number of methoxy groups -OCH3 is 1. The average molecular weight is 453 g/mol. The number of amides is 1. The first-order valence-corrected chi connectivity index (χ1v) is 11.2. The SMILES string of the molecule is C.COC[C@H]1CN[C@H](C)CN1CC(=O)N1CC(C)(C)c2cnc(C(=O)c3ccccc3)cc21. The minimum Gasteiger partial charge on any atom is -0.383 e. The lowest BCUT2D eigenvalue weighted by Gasteiger charge is -2.39. The summed E-state index contributed by atoms with van der Waals surface area (Å²) in [5, 5.41) is 3.46. The van der Waals surface area contributed by atoms with Crippen LogP contribution in [0.1, 0.15) is 49.8 Å². The molecule has 2 aromatic rings. The molecule has 33 heavy (non-hydrogen) atoms. The van der Waals surface area contributed by atoms with E-state index in [1.165, 1.54) is 0 Å². The number of carbonyl (C=O) groups is 2. The van der Waals surface area contributed by atoms with Gasteiger partial charge in [-0.3, -0.25) is 19.5 Å². The third kappa shape index (κ3) is 5.16. The predicted molar refractivity (Wildman–Crippen MR) is 131 cm³/mol. The van der Waals surface area contributed by atoms with Crippen molar-refractivity contribution in [3.63, 3.8) is 0 Å². The Kier molecular flexibility index (Phi) is 7.67. The van der Waals surface area contributed by atoms with Gasteiger partial charge in [0.1, 0.15) is 5.69 Å². The van der Waals surface area contributed by atoms with Gasteiger partial charge in [0.05, 0.1) is 18.8 Å². The molecule has 3 heterocycles. The number of ether oxygens (including phenoxy) is 1. The van der Waals surface area contributed by atoms with Gasteiger partial charge in [0.15, 0.2) is 0 Å². The highest BCUT2D eigenvalue weighted by Gasteiger charge is 2.40. The van der Waals surface area contributed by atoms with Crippen LogP contribution in [0.2, 0.25) is 0 Å². The molecule has 0 saturated carbocycles. The van der Waals surface area contributed by atoms with E-state index in [-0.39, 0.29) is 30.6 Å². The Labute approximate surface area is 197 Å². The van der Waals surface area contributed by atoms with Crippen molar-refractivity contribution >= 4 is 17.4 Å². The third-order valence-corrected chi connectivity index (χ3v) is 6.45. The van der Waals surface area contributed by atoms with Gasteiger partial charge in [-0.1, -0.05) is 51.6 Å². The van der Waals surface area contributed by atoms with Crippen LogP contribution in [0.4, 0.5) is 5.69 Å². The number of nitrogens with zero attached hydrogens (tertiary/aromatic N) is 3. The number of rotatable bonds is 6. The lowest BCUT2D eigenvalue weighted by atomic mass is 9.88. The Morgan fingerprint density at radius 3 is 2.67 bits per heavy atom. The van der Waals surface area contributed by atoms with Gasteiger partial charge in [0.25, 0.3) is 0 Å². The number of hydrogen-bond donors (Lipinski definition) is 1. The third-order valence-electron chi connectivity index (χ3n) is 6.45. The molecular weight excluding hydrogens is 416 g/mol. The van der Waals surface area contributed by atoms with E-state index in [4.69, 9.17) is 4.74 Å². The number of anilines is 1. The maximum atomic E-state index is 13.5. The van der Waals surface area contributed by atoms with Crippen LogP contribution in [0.25, 0.3) is 0 Å². The van der Waals surface area contributed by atoms with Crippen molar-refractivity contribution in [2.45, 2.75) is 45.7 Å². The second-order valence-electron chi connectivity index (χ2n) is 9.49. The Morgan fingerprint density at radius 2 is 1.97 bits per heavy atom. The highest BCUT2D eigenvalue weighted by Crippen LogP contribution is 2.40. The molecule has 2 aliphatic rings. The van der Waals surface area contributed by atoms with Gasteiger partial charge in [-0.25, -0.2) is 0 Å². The monoisotopic (exact) mass is 452 g/mol. The van der Waals surface area contributed by atoms with E-state index >= 15 is 0 Å². The number of hydrogen-bond acceptors (Lipinski definition) is 6. The first-order chi connectivity index (χ1) is 15.3. The zero-order chi connectivity index (χ0) is 22.9. The van der Waals surface area contributed by atoms with Crippen LogP contribution in [-0.4, -0.2) is 73.6 Å². The largest absolute Gasteiger partial charge is 0.383 e. The molecule has 178 valence electrons. The highest BCUT2D eigenvalue weighted by atomic mass is 16.5. The Morgan fingerprint density at radius 1 is 1.24 bits per heavy atom. The molecule has 7 heteroatoms. The molecule has 0 radical (unpaired) electrons. The van der Waals surface area contributed by atoms with Gasteiger partial charge in [-0.2, -0.15) is 0 Å². The quantitative estimate of drug-likeness (QED) is 0.680. The van der Waals surface area contributed by atoms with Crippen LogP contribution in [0, 0.1) is 0 Å². The van der Waals surface area contributed by atoms with Crippen molar-refractivity contribution in [2.75, 3.05) is 44.8 Å². The summed E-state index contributed by atoms with van der Waals surface area (Å²) in [7, 11) is 1.69. The first-order valence-electron chi connectivity index (χ1n) is 11.2. The lowest BCUT2D eigenvalue weighted by molar-refractivity contribution is -0.121. The number of ketones is 1. The lowest BCUT2D eigenvalue weighted by Crippen LogP contribution is -2.59. The van der Waals surface area contributed by atoms with Gasteiger partial charge in [-0.15, -0.1) is 0 Å². The maximum Gasteiger partial charge on any atom is 0.241 e. The van der Waals surface area contributed by atoms with E-state index in [1.54, 1.807) is 31.5 Å². The molecule has 0 bridgehead atoms. The normalized spacial score (nSPS) is 21.9. The topological polar surface area (TPSA) is 74.8 Å². The van der Waals surface area contributed by atoms with E-state index in [0.29, 0.717) is 37.0 Å². The summed E-state index contributed by atoms with van der Waals surface area (Å²) < 4.78 is 5.37. The highest BCUT2D eigenvalue weighted by molar-refractivity contribution is 6.09. The average Bonchev–Trinajstić information content (AvgIpc) is 3.06. The van der Waals surface area contributed by atoms with Crippen molar-refractivity contribution in [2.24, 2.45) is 0 Å². The molecule has 0 aliphatic carbocycles. The number of fused-ring (bicyclic) bond motifs is 1. The van der Waals surface area contributed by atoms with Gasteiger partial charge in [0.2, 0.25) is 11.7 Å². The fourth-order valence-corrected chi connectivity index (χ4v) is 4.68. The molecule has 1 saturated heterocycles. The summed E-state index contributed by atoms with van der Waals surface area (Å²) in [6.07, 6.45) is 1.76. The molecule has 2 atom stereocenters. The predicted octanol–water partition coefficient (Wildman–Crippen LogP) is 2.88. The van der Waals surface area contributed by atoms with Gasteiger partial charge in [-0.05, 0) is 13.0 Å². The fraction of sp³-hybridized carbons (Fsp3) is 0.500. The van der Waals surface area contributed by atoms with E-state index in [9.17, 15) is 9.59 Å². The van der Waals surface area contributed by atoms with Gasteiger partial charge < -0.3 is 15.0 Å². The van der Waals surface area contributed by atoms with E-state index in [0.717, 1.165) is 24.3 Å². The van der Waals surface area contributed by atoms with Crippen LogP contribution >= 0.6 is 0 Å². The van der Waals surface area contributed by atoms with E-state index in [2.05, 4.69) is 36.0 Å². The molecule has 0 spiro atoms. The van der Waals surface area contributed by atoms with E-state index < -0.39 is 0 Å². The number of nitrogens with one attached hydrogen (secondary N) is 1. The van der Waals surface area contributed by atoms with E-state index in [1.807, 2.05) is 23.1 Å². The summed E-state index contributed by atoms with van der Waals surface area (Å²) in [6, 6.07) is 11.4. The first kappa shape index (κ1) is 25.0. The molecule has 1 N–H and O–H groups in total. The number of carbonyl (C=O) groups excluding carboxylic acids is 2. The number of piperazine rings is 1. The Balaban J connectivity index is 0.00000306. The van der Waals surface area contributed by atoms with Crippen LogP contribution in [-0.2, 0) is 14.9 Å². The maximum absolute atomic E-state index is 13.5. The molecule has 7 nitrogen and oxygen atoms in total. The zero-order valence-corrected chi connectivity index (χ0v) is 19.3. The Bertz CT molecular complexity index is 992. The van der Waals surface area contributed by atoms with Crippen molar-refractivity contribution in [1.82, 2.24) is 15.2 Å². The molecule has 2 aliphatic heterocycles. The second kappa shape index (κ2) is 10.1. The minimum atomic E-state index is -0.227. The standard InChI is InChI=1S/C25H32N4O3.CH4/c1-17-13-28(19(11-26-17)15-32-4)14-23(30)29-16-25(2,3)20-12-27-21(10-22(20)29)24(31)18-8-6-5-7-9-18;/h5-10,12,17,19,26H,11,13-16H2,1-4H3;1H4/t17-,19-;/m1./s1.